The highest BCUT2D eigenvalue weighted by Gasteiger charge is 2.32. The molecule has 1 fully saturated rings. The van der Waals surface area contributed by atoms with E-state index in [4.69, 9.17) is 11.6 Å². The lowest BCUT2D eigenvalue weighted by Crippen LogP contribution is -2.36. The summed E-state index contributed by atoms with van der Waals surface area (Å²) >= 11 is 6.02. The summed E-state index contributed by atoms with van der Waals surface area (Å²) in [7, 11) is 0. The molecule has 4 heteroatoms. The first-order valence-corrected chi connectivity index (χ1v) is 7.09. The van der Waals surface area contributed by atoms with Gasteiger partial charge in [0.15, 0.2) is 0 Å². The molecule has 2 rings (SSSR count). The van der Waals surface area contributed by atoms with Gasteiger partial charge in [0.1, 0.15) is 0 Å². The number of β-amino-alcohol motifs (C(OH)–C–C–N with tert-alkyl or cyclic N) is 1. The maximum absolute atomic E-state index is 12.6. The Bertz CT molecular complexity index is 461. The summed E-state index contributed by atoms with van der Waals surface area (Å²) < 4.78 is 0. The Labute approximate surface area is 119 Å². The van der Waals surface area contributed by atoms with Crippen molar-refractivity contribution in [1.29, 1.82) is 0 Å². The molecule has 0 bridgehead atoms. The molecule has 1 saturated heterocycles. The van der Waals surface area contributed by atoms with Crippen LogP contribution in [-0.2, 0) is 4.79 Å². The minimum Gasteiger partial charge on any atom is -0.391 e. The normalized spacial score (nSPS) is 20.9. The maximum atomic E-state index is 12.6. The standard InChI is InChI=1S/C15H20ClNO2/c1-10(2)14(11-4-3-5-12(16)8-11)15(19)17-7-6-13(18)9-17/h3-5,8,10,13-14,18H,6-7,9H2,1-2H3/t13-,14?/m1/s1. The number of nitrogens with zero attached hydrogens (tertiary/aromatic N) is 1. The van der Waals surface area contributed by atoms with Crippen molar-refractivity contribution in [3.8, 4) is 0 Å². The minimum atomic E-state index is -0.379. The molecule has 1 aromatic rings. The highest BCUT2D eigenvalue weighted by atomic mass is 35.5. The van der Waals surface area contributed by atoms with Gasteiger partial charge in [-0.2, -0.15) is 0 Å². The number of carbonyl (C=O) groups is 1. The summed E-state index contributed by atoms with van der Waals surface area (Å²) in [5, 5.41) is 10.2. The van der Waals surface area contributed by atoms with E-state index in [2.05, 4.69) is 0 Å². The van der Waals surface area contributed by atoms with E-state index in [0.29, 0.717) is 24.5 Å². The number of likely N-dealkylation sites (tertiary alicyclic amines) is 1. The molecule has 104 valence electrons. The van der Waals surface area contributed by atoms with Crippen LogP contribution in [0.15, 0.2) is 24.3 Å². The van der Waals surface area contributed by atoms with Gasteiger partial charge in [-0.15, -0.1) is 0 Å². The Morgan fingerprint density at radius 3 is 2.74 bits per heavy atom. The molecule has 3 nitrogen and oxygen atoms in total. The number of hydrogen-bond acceptors (Lipinski definition) is 2. The van der Waals surface area contributed by atoms with Crippen molar-refractivity contribution >= 4 is 17.5 Å². The van der Waals surface area contributed by atoms with Gasteiger partial charge < -0.3 is 10.0 Å². The van der Waals surface area contributed by atoms with Gasteiger partial charge in [-0.05, 0) is 30.0 Å². The van der Waals surface area contributed by atoms with Crippen molar-refractivity contribution in [3.63, 3.8) is 0 Å². The lowest BCUT2D eigenvalue weighted by atomic mass is 9.87. The topological polar surface area (TPSA) is 40.5 Å². The average molecular weight is 282 g/mol. The highest BCUT2D eigenvalue weighted by molar-refractivity contribution is 6.30. The van der Waals surface area contributed by atoms with Crippen LogP contribution in [0.1, 0.15) is 31.7 Å². The van der Waals surface area contributed by atoms with Gasteiger partial charge in [-0.3, -0.25) is 4.79 Å². The molecule has 1 heterocycles. The molecule has 1 amide bonds. The molecule has 0 aliphatic carbocycles. The third-order valence-corrected chi connectivity index (χ3v) is 3.85. The van der Waals surface area contributed by atoms with Crippen molar-refractivity contribution in [2.75, 3.05) is 13.1 Å². The monoisotopic (exact) mass is 281 g/mol. The van der Waals surface area contributed by atoms with Gasteiger partial charge >= 0.3 is 0 Å². The number of halogens is 1. The SMILES string of the molecule is CC(C)C(C(=O)N1CC[C@@H](O)C1)c1cccc(Cl)c1. The lowest BCUT2D eigenvalue weighted by Gasteiger charge is -2.26. The first-order valence-electron chi connectivity index (χ1n) is 6.71. The summed E-state index contributed by atoms with van der Waals surface area (Å²) in [4.78, 5) is 14.4. The number of aliphatic hydroxyl groups is 1. The molecular formula is C15H20ClNO2. The summed E-state index contributed by atoms with van der Waals surface area (Å²) in [5.41, 5.74) is 0.953. The van der Waals surface area contributed by atoms with Gasteiger partial charge in [0.25, 0.3) is 0 Å². The lowest BCUT2D eigenvalue weighted by molar-refractivity contribution is -0.133. The van der Waals surface area contributed by atoms with E-state index in [9.17, 15) is 9.90 Å². The molecule has 1 N–H and O–H groups in total. The highest BCUT2D eigenvalue weighted by Crippen LogP contribution is 2.29. The van der Waals surface area contributed by atoms with Crippen molar-refractivity contribution in [2.45, 2.75) is 32.3 Å². The number of carbonyl (C=O) groups excluding carboxylic acids is 1. The summed E-state index contributed by atoms with van der Waals surface area (Å²) in [6.45, 7) is 5.17. The third-order valence-electron chi connectivity index (χ3n) is 3.62. The van der Waals surface area contributed by atoms with E-state index < -0.39 is 0 Å². The Morgan fingerprint density at radius 2 is 2.21 bits per heavy atom. The Kier molecular flexibility index (Phi) is 4.48. The third kappa shape index (κ3) is 3.28. The van der Waals surface area contributed by atoms with Crippen LogP contribution < -0.4 is 0 Å². The predicted molar refractivity (Wildman–Crippen MR) is 76.2 cm³/mol. The molecule has 1 aliphatic rings. The quantitative estimate of drug-likeness (QED) is 0.925. The number of aliphatic hydroxyl groups excluding tert-OH is 1. The smallest absolute Gasteiger partial charge is 0.230 e. The van der Waals surface area contributed by atoms with Crippen molar-refractivity contribution in [3.05, 3.63) is 34.9 Å². The van der Waals surface area contributed by atoms with Gasteiger partial charge in [-0.25, -0.2) is 0 Å². The zero-order valence-corrected chi connectivity index (χ0v) is 12.1. The first kappa shape index (κ1) is 14.4. The van der Waals surface area contributed by atoms with E-state index >= 15 is 0 Å². The van der Waals surface area contributed by atoms with Gasteiger partial charge in [0, 0.05) is 18.1 Å². The van der Waals surface area contributed by atoms with Crippen LogP contribution >= 0.6 is 11.6 Å². The van der Waals surface area contributed by atoms with Crippen LogP contribution in [0.2, 0.25) is 5.02 Å². The maximum Gasteiger partial charge on any atom is 0.230 e. The molecule has 0 saturated carbocycles. The minimum absolute atomic E-state index is 0.0915. The second-order valence-electron chi connectivity index (χ2n) is 5.50. The number of rotatable bonds is 3. The van der Waals surface area contributed by atoms with Crippen molar-refractivity contribution in [2.24, 2.45) is 5.92 Å². The molecule has 1 aliphatic heterocycles. The van der Waals surface area contributed by atoms with Gasteiger partial charge in [0.05, 0.1) is 12.0 Å². The molecule has 1 unspecified atom stereocenters. The van der Waals surface area contributed by atoms with E-state index in [1.54, 1.807) is 4.90 Å². The zero-order valence-electron chi connectivity index (χ0n) is 11.3. The zero-order chi connectivity index (χ0) is 14.0. The molecule has 1 aromatic carbocycles. The first-order chi connectivity index (χ1) is 8.99. The number of hydrogen-bond donors (Lipinski definition) is 1. The average Bonchev–Trinajstić information content (AvgIpc) is 2.75. The largest absolute Gasteiger partial charge is 0.391 e. The van der Waals surface area contributed by atoms with Crippen molar-refractivity contribution in [1.82, 2.24) is 4.90 Å². The predicted octanol–water partition coefficient (Wildman–Crippen LogP) is 2.67. The van der Waals surface area contributed by atoms with Crippen LogP contribution in [0.5, 0.6) is 0 Å². The summed E-state index contributed by atoms with van der Waals surface area (Å²) in [5.74, 6) is 0.0986. The second kappa shape index (κ2) is 5.93. The molecular weight excluding hydrogens is 262 g/mol. The van der Waals surface area contributed by atoms with Crippen LogP contribution in [0.25, 0.3) is 0 Å². The molecule has 0 aromatic heterocycles. The number of benzene rings is 1. The Balaban J connectivity index is 2.23. The van der Waals surface area contributed by atoms with Crippen LogP contribution in [0.3, 0.4) is 0 Å². The van der Waals surface area contributed by atoms with Crippen LogP contribution in [0.4, 0.5) is 0 Å². The Hall–Kier alpha value is -1.06. The van der Waals surface area contributed by atoms with E-state index in [-0.39, 0.29) is 23.8 Å². The van der Waals surface area contributed by atoms with Gasteiger partial charge in [-0.1, -0.05) is 37.6 Å². The Morgan fingerprint density at radius 1 is 1.47 bits per heavy atom. The van der Waals surface area contributed by atoms with E-state index in [0.717, 1.165) is 5.56 Å². The molecule has 2 atom stereocenters. The van der Waals surface area contributed by atoms with Crippen molar-refractivity contribution < 1.29 is 9.90 Å². The fourth-order valence-corrected chi connectivity index (χ4v) is 2.85. The van der Waals surface area contributed by atoms with Crippen LogP contribution in [-0.4, -0.2) is 35.1 Å². The number of amides is 1. The summed E-state index contributed by atoms with van der Waals surface area (Å²) in [6, 6.07) is 7.49. The van der Waals surface area contributed by atoms with E-state index in [1.165, 1.54) is 0 Å². The molecule has 19 heavy (non-hydrogen) atoms. The fraction of sp³-hybridized carbons (Fsp3) is 0.533. The molecule has 0 radical (unpaired) electrons. The molecule has 0 spiro atoms. The summed E-state index contributed by atoms with van der Waals surface area (Å²) in [6.07, 6.45) is 0.294. The van der Waals surface area contributed by atoms with Gasteiger partial charge in [0.2, 0.25) is 5.91 Å². The van der Waals surface area contributed by atoms with Crippen LogP contribution in [0, 0.1) is 5.92 Å². The second-order valence-corrected chi connectivity index (χ2v) is 5.94. The fourth-order valence-electron chi connectivity index (χ4n) is 2.65. The van der Waals surface area contributed by atoms with E-state index in [1.807, 2.05) is 38.1 Å².